The number of furan rings is 1. The smallest absolute Gasteiger partial charge is 0.274 e. The predicted octanol–water partition coefficient (Wildman–Crippen LogP) is 3.14. The molecule has 0 atom stereocenters. The van der Waals surface area contributed by atoms with Crippen molar-refractivity contribution in [1.29, 1.82) is 0 Å². The second-order valence-corrected chi connectivity index (χ2v) is 5.03. The number of rotatable bonds is 4. The van der Waals surface area contributed by atoms with Crippen LogP contribution < -0.4 is 14.9 Å². The molecule has 0 saturated carbocycles. The molecule has 2 aromatic rings. The summed E-state index contributed by atoms with van der Waals surface area (Å²) < 4.78 is 15.7. The van der Waals surface area contributed by atoms with Gasteiger partial charge in [-0.3, -0.25) is 4.79 Å². The van der Waals surface area contributed by atoms with E-state index in [4.69, 9.17) is 13.9 Å². The van der Waals surface area contributed by atoms with Crippen LogP contribution in [-0.4, -0.2) is 18.4 Å². The van der Waals surface area contributed by atoms with Gasteiger partial charge in [0.15, 0.2) is 11.5 Å². The molecule has 2 heterocycles. The monoisotopic (exact) mass is 312 g/mol. The van der Waals surface area contributed by atoms with Crippen molar-refractivity contribution in [2.24, 2.45) is 5.10 Å². The van der Waals surface area contributed by atoms with Crippen molar-refractivity contribution in [3.8, 4) is 11.5 Å². The third-order valence-electron chi connectivity index (χ3n) is 3.35. The first-order valence-corrected chi connectivity index (χ1v) is 7.10. The maximum absolute atomic E-state index is 11.9. The number of nitrogens with zero attached hydrogens (tertiary/aromatic N) is 1. The van der Waals surface area contributed by atoms with Gasteiger partial charge in [0.25, 0.3) is 5.91 Å². The zero-order valence-electron chi connectivity index (χ0n) is 12.8. The molecule has 0 bridgehead atoms. The molecule has 1 aromatic carbocycles. The number of allylic oxidation sites excluding steroid dienone is 1. The largest absolute Gasteiger partial charge is 0.469 e. The molecular weight excluding hydrogens is 296 g/mol. The number of amides is 1. The lowest BCUT2D eigenvalue weighted by molar-refractivity contribution is 0.0953. The van der Waals surface area contributed by atoms with Gasteiger partial charge in [-0.2, -0.15) is 5.10 Å². The molecule has 1 N–H and O–H groups in total. The highest BCUT2D eigenvalue weighted by molar-refractivity contribution is 5.99. The number of ether oxygens (including phenoxy) is 2. The molecule has 1 aromatic heterocycles. The zero-order valence-corrected chi connectivity index (χ0v) is 12.8. The Morgan fingerprint density at radius 3 is 2.87 bits per heavy atom. The van der Waals surface area contributed by atoms with Gasteiger partial charge in [0.1, 0.15) is 5.76 Å². The van der Waals surface area contributed by atoms with Gasteiger partial charge in [0.2, 0.25) is 6.79 Å². The van der Waals surface area contributed by atoms with E-state index in [0.717, 1.165) is 17.1 Å². The summed E-state index contributed by atoms with van der Waals surface area (Å²) in [6.45, 7) is 3.78. The lowest BCUT2D eigenvalue weighted by Crippen LogP contribution is -2.18. The van der Waals surface area contributed by atoms with E-state index in [-0.39, 0.29) is 12.7 Å². The van der Waals surface area contributed by atoms with Crippen LogP contribution in [0.15, 0.2) is 46.1 Å². The van der Waals surface area contributed by atoms with Crippen LogP contribution in [0.25, 0.3) is 6.08 Å². The lowest BCUT2D eigenvalue weighted by Gasteiger charge is -1.99. The van der Waals surface area contributed by atoms with Crippen molar-refractivity contribution in [3.63, 3.8) is 0 Å². The Kier molecular flexibility index (Phi) is 4.14. The van der Waals surface area contributed by atoms with Crippen molar-refractivity contribution < 1.29 is 18.7 Å². The molecule has 0 fully saturated rings. The van der Waals surface area contributed by atoms with Crippen LogP contribution in [0.5, 0.6) is 11.5 Å². The Morgan fingerprint density at radius 1 is 1.26 bits per heavy atom. The number of carbonyl (C=O) groups is 1. The Balaban J connectivity index is 1.63. The van der Waals surface area contributed by atoms with Crippen LogP contribution in [0.1, 0.15) is 28.6 Å². The Morgan fingerprint density at radius 2 is 2.09 bits per heavy atom. The van der Waals surface area contributed by atoms with E-state index < -0.39 is 0 Å². The summed E-state index contributed by atoms with van der Waals surface area (Å²) in [4.78, 5) is 11.9. The lowest BCUT2D eigenvalue weighted by atomic mass is 10.2. The van der Waals surface area contributed by atoms with Crippen molar-refractivity contribution in [1.82, 2.24) is 5.43 Å². The number of benzene rings is 1. The summed E-state index contributed by atoms with van der Waals surface area (Å²) >= 11 is 0. The number of hydrazone groups is 1. The Bertz CT molecular complexity index is 790. The highest BCUT2D eigenvalue weighted by Crippen LogP contribution is 2.32. The van der Waals surface area contributed by atoms with Crippen molar-refractivity contribution in [3.05, 3.63) is 53.5 Å². The highest BCUT2D eigenvalue weighted by atomic mass is 16.7. The number of hydrogen-bond donors (Lipinski definition) is 1. The fourth-order valence-electron chi connectivity index (χ4n) is 2.09. The van der Waals surface area contributed by atoms with Crippen LogP contribution in [0.4, 0.5) is 0 Å². The van der Waals surface area contributed by atoms with E-state index in [1.165, 1.54) is 6.26 Å². The molecule has 1 aliphatic heterocycles. The molecule has 0 unspecified atom stereocenters. The second-order valence-electron chi connectivity index (χ2n) is 5.03. The van der Waals surface area contributed by atoms with Crippen LogP contribution >= 0.6 is 0 Å². The molecule has 0 spiro atoms. The minimum atomic E-state index is -0.299. The van der Waals surface area contributed by atoms with Crippen LogP contribution in [0, 0.1) is 6.92 Å². The first kappa shape index (κ1) is 14.9. The molecule has 3 rings (SSSR count). The third kappa shape index (κ3) is 3.42. The van der Waals surface area contributed by atoms with Gasteiger partial charge in [0, 0.05) is 0 Å². The molecular formula is C17H16N2O4. The normalized spacial score (nSPS) is 13.6. The molecule has 0 aliphatic carbocycles. The molecule has 0 radical (unpaired) electrons. The minimum Gasteiger partial charge on any atom is -0.469 e. The van der Waals surface area contributed by atoms with Crippen molar-refractivity contribution in [2.45, 2.75) is 13.8 Å². The van der Waals surface area contributed by atoms with E-state index in [9.17, 15) is 4.79 Å². The number of carbonyl (C=O) groups excluding carboxylic acids is 1. The number of hydrogen-bond acceptors (Lipinski definition) is 5. The average molecular weight is 312 g/mol. The topological polar surface area (TPSA) is 73.1 Å². The van der Waals surface area contributed by atoms with Crippen LogP contribution in [0.2, 0.25) is 0 Å². The zero-order chi connectivity index (χ0) is 16.2. The van der Waals surface area contributed by atoms with Crippen LogP contribution in [-0.2, 0) is 0 Å². The maximum atomic E-state index is 11.9. The van der Waals surface area contributed by atoms with Crippen molar-refractivity contribution >= 4 is 17.7 Å². The fourth-order valence-corrected chi connectivity index (χ4v) is 2.09. The van der Waals surface area contributed by atoms with E-state index in [0.29, 0.717) is 17.0 Å². The van der Waals surface area contributed by atoms with E-state index in [1.807, 2.05) is 24.3 Å². The Labute approximate surface area is 133 Å². The standard InChI is InChI=1S/C17H16N2O4/c1-11(18-19-17(20)14-7-8-21-12(14)2)3-4-13-5-6-15-16(9-13)23-10-22-15/h3-9H,10H2,1-2H3,(H,19,20)/b4-3+,18-11+. The van der Waals surface area contributed by atoms with Crippen molar-refractivity contribution in [2.75, 3.05) is 6.79 Å². The van der Waals surface area contributed by atoms with Gasteiger partial charge in [-0.15, -0.1) is 0 Å². The molecule has 1 amide bonds. The molecule has 1 aliphatic rings. The second kappa shape index (κ2) is 6.39. The number of nitrogens with one attached hydrogen (secondary N) is 1. The Hall–Kier alpha value is -3.02. The maximum Gasteiger partial charge on any atom is 0.274 e. The highest BCUT2D eigenvalue weighted by Gasteiger charge is 2.12. The molecule has 6 heteroatoms. The summed E-state index contributed by atoms with van der Waals surface area (Å²) in [5, 5.41) is 4.04. The van der Waals surface area contributed by atoms with Gasteiger partial charge >= 0.3 is 0 Å². The predicted molar refractivity (Wildman–Crippen MR) is 85.6 cm³/mol. The minimum absolute atomic E-state index is 0.252. The molecule has 118 valence electrons. The van der Waals surface area contributed by atoms with Gasteiger partial charge < -0.3 is 13.9 Å². The summed E-state index contributed by atoms with van der Waals surface area (Å²) in [7, 11) is 0. The number of aryl methyl sites for hydroxylation is 1. The molecule has 6 nitrogen and oxygen atoms in total. The summed E-state index contributed by atoms with van der Waals surface area (Å²) in [5.41, 5.74) is 4.59. The first-order chi connectivity index (χ1) is 11.1. The summed E-state index contributed by atoms with van der Waals surface area (Å²) in [5.74, 6) is 1.74. The third-order valence-corrected chi connectivity index (χ3v) is 3.35. The van der Waals surface area contributed by atoms with Gasteiger partial charge in [-0.25, -0.2) is 5.43 Å². The van der Waals surface area contributed by atoms with E-state index in [2.05, 4.69) is 10.5 Å². The van der Waals surface area contributed by atoms with Gasteiger partial charge in [0.05, 0.1) is 17.5 Å². The van der Waals surface area contributed by atoms with E-state index >= 15 is 0 Å². The quantitative estimate of drug-likeness (QED) is 0.695. The van der Waals surface area contributed by atoms with E-state index in [1.54, 1.807) is 26.0 Å². The van der Waals surface area contributed by atoms with Gasteiger partial charge in [-0.05, 0) is 43.7 Å². The SMILES string of the molecule is CC(/C=C/c1ccc2c(c1)OCO2)=N\NC(=O)c1ccoc1C. The summed E-state index contributed by atoms with van der Waals surface area (Å²) in [6.07, 6.45) is 5.16. The molecule has 23 heavy (non-hydrogen) atoms. The fraction of sp³-hybridized carbons (Fsp3) is 0.176. The average Bonchev–Trinajstić information content (AvgIpc) is 3.18. The van der Waals surface area contributed by atoms with Crippen LogP contribution in [0.3, 0.4) is 0 Å². The number of fused-ring (bicyclic) bond motifs is 1. The summed E-state index contributed by atoms with van der Waals surface area (Å²) in [6, 6.07) is 7.28. The van der Waals surface area contributed by atoms with Gasteiger partial charge in [-0.1, -0.05) is 12.1 Å². The first-order valence-electron chi connectivity index (χ1n) is 7.10. The molecule has 0 saturated heterocycles.